The molecule has 57 heavy (non-hydrogen) atoms. The fraction of sp³-hybridized carbons (Fsp3) is 0. The van der Waals surface area contributed by atoms with Crippen LogP contribution in [0, 0.1) is 34.0 Å². The Labute approximate surface area is 326 Å². The van der Waals surface area contributed by atoms with E-state index in [4.69, 9.17) is 0 Å². The summed E-state index contributed by atoms with van der Waals surface area (Å²) < 4.78 is 6.62. The molecule has 0 N–H and O–H groups in total. The number of hydrogen-bond acceptors (Lipinski definition) is 3. The van der Waals surface area contributed by atoms with Gasteiger partial charge in [-0.2, -0.15) is 15.8 Å². The summed E-state index contributed by atoms with van der Waals surface area (Å²) in [7, 11) is 0. The standard InChI is InChI=1S/C51H28N6/c52-29-32-17-21-43-41-11-3-8-16-49(41)57(51(43)25-32)45-23-18-33(26-35(45)31-54)38-22-19-36(27-34(38)30-53)55-48-15-7-4-12-42(48)44-28-37(20-24-50(44)55)56-46-13-5-1-9-39(46)40-10-2-6-14-47(40)56/h1-28H. The van der Waals surface area contributed by atoms with Crippen LogP contribution >= 0.6 is 0 Å². The summed E-state index contributed by atoms with van der Waals surface area (Å²) in [5, 5.41) is 37.6. The molecule has 8 aromatic carbocycles. The molecule has 6 heteroatoms. The molecule has 0 aliphatic heterocycles. The van der Waals surface area contributed by atoms with Crippen LogP contribution in [0.2, 0.25) is 0 Å². The van der Waals surface area contributed by atoms with Gasteiger partial charge >= 0.3 is 0 Å². The third-order valence-corrected chi connectivity index (χ3v) is 11.3. The van der Waals surface area contributed by atoms with E-state index in [1.54, 1.807) is 0 Å². The van der Waals surface area contributed by atoms with E-state index in [0.717, 1.165) is 77.1 Å². The zero-order chi connectivity index (χ0) is 38.2. The zero-order valence-corrected chi connectivity index (χ0v) is 30.3. The van der Waals surface area contributed by atoms with Crippen LogP contribution in [-0.2, 0) is 0 Å². The van der Waals surface area contributed by atoms with Crippen LogP contribution in [0.15, 0.2) is 170 Å². The molecular formula is C51H28N6. The summed E-state index contributed by atoms with van der Waals surface area (Å²) in [5.74, 6) is 0. The predicted octanol–water partition coefficient (Wildman–Crippen LogP) is 12.3. The number of fused-ring (bicyclic) bond motifs is 9. The average molecular weight is 725 g/mol. The molecule has 0 saturated carbocycles. The van der Waals surface area contributed by atoms with E-state index in [1.807, 2.05) is 66.7 Å². The summed E-state index contributed by atoms with van der Waals surface area (Å²) in [6, 6.07) is 64.7. The quantitative estimate of drug-likeness (QED) is 0.181. The highest BCUT2D eigenvalue weighted by Crippen LogP contribution is 2.39. The second-order valence-electron chi connectivity index (χ2n) is 14.3. The molecule has 0 amide bonds. The van der Waals surface area contributed by atoms with Crippen LogP contribution < -0.4 is 0 Å². The van der Waals surface area contributed by atoms with E-state index in [2.05, 4.69) is 135 Å². The lowest BCUT2D eigenvalue weighted by molar-refractivity contribution is 1.16. The van der Waals surface area contributed by atoms with Crippen molar-refractivity contribution >= 4 is 65.4 Å². The van der Waals surface area contributed by atoms with Gasteiger partial charge in [-0.25, -0.2) is 0 Å². The normalized spacial score (nSPS) is 11.5. The van der Waals surface area contributed by atoms with Gasteiger partial charge in [-0.3, -0.25) is 0 Å². The molecule has 262 valence electrons. The van der Waals surface area contributed by atoms with Gasteiger partial charge in [-0.15, -0.1) is 0 Å². The average Bonchev–Trinajstić information content (AvgIpc) is 3.91. The monoisotopic (exact) mass is 724 g/mol. The smallest absolute Gasteiger partial charge is 0.101 e. The highest BCUT2D eigenvalue weighted by Gasteiger charge is 2.19. The molecule has 0 spiro atoms. The van der Waals surface area contributed by atoms with Crippen molar-refractivity contribution in [3.05, 3.63) is 187 Å². The topological polar surface area (TPSA) is 86.2 Å². The largest absolute Gasteiger partial charge is 0.309 e. The third kappa shape index (κ3) is 4.68. The summed E-state index contributed by atoms with van der Waals surface area (Å²) in [4.78, 5) is 0. The van der Waals surface area contributed by atoms with Gasteiger partial charge in [0.15, 0.2) is 0 Å². The van der Waals surface area contributed by atoms with E-state index >= 15 is 0 Å². The van der Waals surface area contributed by atoms with Crippen LogP contribution in [0.5, 0.6) is 0 Å². The Morgan fingerprint density at radius 3 is 1.44 bits per heavy atom. The number of rotatable bonds is 4. The fourth-order valence-electron chi connectivity index (χ4n) is 8.88. The van der Waals surface area contributed by atoms with Crippen molar-refractivity contribution < 1.29 is 0 Å². The summed E-state index contributed by atoms with van der Waals surface area (Å²) in [5.41, 5.74) is 11.9. The lowest BCUT2D eigenvalue weighted by Gasteiger charge is -2.14. The first-order valence-corrected chi connectivity index (χ1v) is 18.7. The number of para-hydroxylation sites is 4. The van der Waals surface area contributed by atoms with Crippen LogP contribution in [0.1, 0.15) is 16.7 Å². The molecule has 0 aliphatic rings. The van der Waals surface area contributed by atoms with Crippen molar-refractivity contribution in [2.45, 2.75) is 0 Å². The molecule has 6 nitrogen and oxygen atoms in total. The lowest BCUT2D eigenvalue weighted by atomic mass is 9.97. The molecule has 3 aromatic heterocycles. The second kappa shape index (κ2) is 12.3. The van der Waals surface area contributed by atoms with E-state index in [9.17, 15) is 15.8 Å². The molecule has 0 fully saturated rings. The minimum atomic E-state index is 0.465. The van der Waals surface area contributed by atoms with Crippen molar-refractivity contribution in [3.8, 4) is 46.4 Å². The number of benzene rings is 8. The van der Waals surface area contributed by atoms with Crippen molar-refractivity contribution in [1.82, 2.24) is 13.7 Å². The maximum Gasteiger partial charge on any atom is 0.101 e. The SMILES string of the molecule is N#Cc1ccc2c3ccccc3n(-c3ccc(-c4ccc(-n5c6ccccc6c6cc(-n7c8ccccc8c8ccccc87)ccc65)cc4C#N)cc3C#N)c2c1. The van der Waals surface area contributed by atoms with E-state index in [0.29, 0.717) is 22.4 Å². The van der Waals surface area contributed by atoms with Gasteiger partial charge in [0, 0.05) is 43.7 Å². The zero-order valence-electron chi connectivity index (χ0n) is 30.3. The third-order valence-electron chi connectivity index (χ3n) is 11.3. The minimum Gasteiger partial charge on any atom is -0.309 e. The maximum atomic E-state index is 10.6. The summed E-state index contributed by atoms with van der Waals surface area (Å²) in [6.45, 7) is 0. The van der Waals surface area contributed by atoms with Gasteiger partial charge in [0.05, 0.1) is 67.6 Å². The number of nitrogens with zero attached hydrogens (tertiary/aromatic N) is 6. The molecule has 11 rings (SSSR count). The number of nitriles is 3. The van der Waals surface area contributed by atoms with Gasteiger partial charge in [0.25, 0.3) is 0 Å². The van der Waals surface area contributed by atoms with Crippen molar-refractivity contribution in [1.29, 1.82) is 15.8 Å². The Morgan fingerprint density at radius 1 is 0.333 bits per heavy atom. The molecule has 0 bridgehead atoms. The lowest BCUT2D eigenvalue weighted by Crippen LogP contribution is -1.99. The van der Waals surface area contributed by atoms with Crippen molar-refractivity contribution in [3.63, 3.8) is 0 Å². The molecular weight excluding hydrogens is 697 g/mol. The van der Waals surface area contributed by atoms with E-state index < -0.39 is 0 Å². The van der Waals surface area contributed by atoms with Crippen LogP contribution in [-0.4, -0.2) is 13.7 Å². The summed E-state index contributed by atoms with van der Waals surface area (Å²) in [6.07, 6.45) is 0. The van der Waals surface area contributed by atoms with Gasteiger partial charge in [-0.05, 0) is 90.0 Å². The van der Waals surface area contributed by atoms with E-state index in [1.165, 1.54) is 10.8 Å². The van der Waals surface area contributed by atoms with Crippen LogP contribution in [0.4, 0.5) is 0 Å². The Kier molecular flexibility index (Phi) is 6.95. The molecule has 0 unspecified atom stereocenters. The Bertz CT molecular complexity index is 3580. The molecule has 0 atom stereocenters. The summed E-state index contributed by atoms with van der Waals surface area (Å²) >= 11 is 0. The van der Waals surface area contributed by atoms with Crippen molar-refractivity contribution in [2.24, 2.45) is 0 Å². The Morgan fingerprint density at radius 2 is 0.842 bits per heavy atom. The van der Waals surface area contributed by atoms with Crippen LogP contribution in [0.3, 0.4) is 0 Å². The molecule has 0 saturated heterocycles. The Hall–Kier alpha value is -8.37. The van der Waals surface area contributed by atoms with Crippen LogP contribution in [0.25, 0.3) is 93.6 Å². The molecule has 11 aromatic rings. The first-order chi connectivity index (χ1) is 28.1. The van der Waals surface area contributed by atoms with Gasteiger partial charge < -0.3 is 13.7 Å². The fourth-order valence-corrected chi connectivity index (χ4v) is 8.88. The van der Waals surface area contributed by atoms with Gasteiger partial charge in [0.1, 0.15) is 6.07 Å². The van der Waals surface area contributed by atoms with Gasteiger partial charge in [-0.1, -0.05) is 91.0 Å². The first-order valence-electron chi connectivity index (χ1n) is 18.7. The highest BCUT2D eigenvalue weighted by atomic mass is 15.0. The predicted molar refractivity (Wildman–Crippen MR) is 229 cm³/mol. The second-order valence-corrected chi connectivity index (χ2v) is 14.3. The Balaban J connectivity index is 1.05. The molecule has 0 radical (unpaired) electrons. The highest BCUT2D eigenvalue weighted by molar-refractivity contribution is 6.13. The maximum absolute atomic E-state index is 10.6. The molecule has 0 aliphatic carbocycles. The number of hydrogen-bond donors (Lipinski definition) is 0. The first kappa shape index (κ1) is 32.1. The van der Waals surface area contributed by atoms with Gasteiger partial charge in [0.2, 0.25) is 0 Å². The minimum absolute atomic E-state index is 0.465. The number of aromatic nitrogens is 3. The molecule has 3 heterocycles. The van der Waals surface area contributed by atoms with Crippen molar-refractivity contribution in [2.75, 3.05) is 0 Å². The van der Waals surface area contributed by atoms with E-state index in [-0.39, 0.29) is 0 Å².